The van der Waals surface area contributed by atoms with Crippen LogP contribution in [0.5, 0.6) is 0 Å². The Balaban J connectivity index is 2.90. The standard InChI is InChI=1S/C16H20FNO3/c1-12(11-21-3)18(2)16(20)14-8-7-13(10-15(14)17)6-4-5-9-19/h7-8,10,12,19H,5,9,11H2,1-3H3. The summed E-state index contributed by atoms with van der Waals surface area (Å²) in [7, 11) is 3.16. The van der Waals surface area contributed by atoms with Crippen LogP contribution in [0, 0.1) is 17.7 Å². The van der Waals surface area contributed by atoms with Gasteiger partial charge in [-0.15, -0.1) is 0 Å². The minimum atomic E-state index is -0.604. The molecule has 0 radical (unpaired) electrons. The maximum Gasteiger partial charge on any atom is 0.256 e. The molecule has 1 N–H and O–H groups in total. The Labute approximate surface area is 124 Å². The lowest BCUT2D eigenvalue weighted by Crippen LogP contribution is -2.38. The number of carbonyl (C=O) groups excluding carboxylic acids is 1. The van der Waals surface area contributed by atoms with Crippen molar-refractivity contribution in [2.45, 2.75) is 19.4 Å². The van der Waals surface area contributed by atoms with E-state index in [1.54, 1.807) is 20.2 Å². The van der Waals surface area contributed by atoms with E-state index in [1.165, 1.54) is 17.0 Å². The minimum Gasteiger partial charge on any atom is -0.395 e. The molecule has 114 valence electrons. The van der Waals surface area contributed by atoms with Gasteiger partial charge in [0.05, 0.1) is 24.8 Å². The van der Waals surface area contributed by atoms with Gasteiger partial charge >= 0.3 is 0 Å². The number of nitrogens with zero attached hydrogens (tertiary/aromatic N) is 1. The molecule has 0 heterocycles. The maximum absolute atomic E-state index is 14.0. The van der Waals surface area contributed by atoms with Crippen LogP contribution in [0.1, 0.15) is 29.3 Å². The molecule has 0 spiro atoms. The summed E-state index contributed by atoms with van der Waals surface area (Å²) < 4.78 is 19.0. The van der Waals surface area contributed by atoms with E-state index in [4.69, 9.17) is 9.84 Å². The number of carbonyl (C=O) groups is 1. The first-order valence-electron chi connectivity index (χ1n) is 6.66. The highest BCUT2D eigenvalue weighted by atomic mass is 19.1. The van der Waals surface area contributed by atoms with E-state index >= 15 is 0 Å². The van der Waals surface area contributed by atoms with Crippen LogP contribution in [0.3, 0.4) is 0 Å². The molecule has 1 atom stereocenters. The fourth-order valence-electron chi connectivity index (χ4n) is 1.73. The highest BCUT2D eigenvalue weighted by Gasteiger charge is 2.20. The number of aliphatic hydroxyl groups excluding tert-OH is 1. The van der Waals surface area contributed by atoms with Crippen LogP contribution in [-0.2, 0) is 4.74 Å². The number of hydrogen-bond donors (Lipinski definition) is 1. The summed E-state index contributed by atoms with van der Waals surface area (Å²) in [5.74, 6) is 4.44. The van der Waals surface area contributed by atoms with Crippen molar-refractivity contribution in [1.82, 2.24) is 4.90 Å². The van der Waals surface area contributed by atoms with Gasteiger partial charge in [0.1, 0.15) is 5.82 Å². The second kappa shape index (κ2) is 8.40. The summed E-state index contributed by atoms with van der Waals surface area (Å²) in [6, 6.07) is 4.10. The largest absolute Gasteiger partial charge is 0.395 e. The molecule has 1 aromatic carbocycles. The van der Waals surface area contributed by atoms with Crippen LogP contribution < -0.4 is 0 Å². The number of amides is 1. The lowest BCUT2D eigenvalue weighted by molar-refractivity contribution is 0.0629. The maximum atomic E-state index is 14.0. The number of likely N-dealkylation sites (N-methyl/N-ethyl adjacent to an activating group) is 1. The van der Waals surface area contributed by atoms with Gasteiger partial charge in [-0.25, -0.2) is 4.39 Å². The number of rotatable bonds is 5. The van der Waals surface area contributed by atoms with Gasteiger partial charge in [0.25, 0.3) is 5.91 Å². The summed E-state index contributed by atoms with van der Waals surface area (Å²) in [5, 5.41) is 8.64. The molecule has 1 rings (SSSR count). The van der Waals surface area contributed by atoms with Crippen LogP contribution in [0.25, 0.3) is 0 Å². The van der Waals surface area contributed by atoms with Crippen molar-refractivity contribution >= 4 is 5.91 Å². The quantitative estimate of drug-likeness (QED) is 0.840. The zero-order valence-electron chi connectivity index (χ0n) is 12.5. The Bertz CT molecular complexity index is 548. The van der Waals surface area contributed by atoms with Crippen LogP contribution in [0.4, 0.5) is 4.39 Å². The molecule has 0 aromatic heterocycles. The van der Waals surface area contributed by atoms with E-state index < -0.39 is 11.7 Å². The van der Waals surface area contributed by atoms with Gasteiger partial charge < -0.3 is 14.7 Å². The van der Waals surface area contributed by atoms with Crippen molar-refractivity contribution < 1.29 is 19.0 Å². The first-order valence-corrected chi connectivity index (χ1v) is 6.66. The summed E-state index contributed by atoms with van der Waals surface area (Å²) in [5.41, 5.74) is 0.484. The van der Waals surface area contributed by atoms with Crippen LogP contribution >= 0.6 is 0 Å². The molecular formula is C16H20FNO3. The molecule has 5 heteroatoms. The van der Waals surface area contributed by atoms with E-state index in [9.17, 15) is 9.18 Å². The zero-order valence-corrected chi connectivity index (χ0v) is 12.5. The molecular weight excluding hydrogens is 273 g/mol. The number of hydrogen-bond acceptors (Lipinski definition) is 3. The molecule has 0 aliphatic carbocycles. The molecule has 1 aromatic rings. The summed E-state index contributed by atoms with van der Waals surface area (Å²) in [6.07, 6.45) is 0.333. The SMILES string of the molecule is COCC(C)N(C)C(=O)c1ccc(C#CCCO)cc1F. The van der Waals surface area contributed by atoms with Gasteiger partial charge in [-0.2, -0.15) is 0 Å². The van der Waals surface area contributed by atoms with Crippen LogP contribution in [-0.4, -0.2) is 49.3 Å². The van der Waals surface area contributed by atoms with Gasteiger partial charge in [-0.3, -0.25) is 4.79 Å². The van der Waals surface area contributed by atoms with Gasteiger partial charge in [0.2, 0.25) is 0 Å². The Morgan fingerprint density at radius 2 is 2.24 bits per heavy atom. The molecule has 4 nitrogen and oxygen atoms in total. The smallest absolute Gasteiger partial charge is 0.256 e. The van der Waals surface area contributed by atoms with Crippen molar-refractivity contribution in [3.63, 3.8) is 0 Å². The molecule has 1 unspecified atom stereocenters. The average molecular weight is 293 g/mol. The zero-order chi connectivity index (χ0) is 15.8. The number of aliphatic hydroxyl groups is 1. The van der Waals surface area contributed by atoms with E-state index in [-0.39, 0.29) is 18.2 Å². The number of benzene rings is 1. The van der Waals surface area contributed by atoms with Crippen molar-refractivity contribution in [2.75, 3.05) is 27.4 Å². The first kappa shape index (κ1) is 17.2. The third-order valence-corrected chi connectivity index (χ3v) is 3.06. The predicted octanol–water partition coefficient (Wildman–Crippen LogP) is 1.67. The van der Waals surface area contributed by atoms with Gasteiger partial charge in [-0.1, -0.05) is 11.8 Å². The number of ether oxygens (including phenoxy) is 1. The van der Waals surface area contributed by atoms with E-state index in [1.807, 2.05) is 6.92 Å². The summed E-state index contributed by atoms with van der Waals surface area (Å²) in [4.78, 5) is 13.7. The fourth-order valence-corrected chi connectivity index (χ4v) is 1.73. The fraction of sp³-hybridized carbons (Fsp3) is 0.438. The highest BCUT2D eigenvalue weighted by molar-refractivity contribution is 5.94. The lowest BCUT2D eigenvalue weighted by atomic mass is 10.1. The van der Waals surface area contributed by atoms with Crippen molar-refractivity contribution in [3.8, 4) is 11.8 Å². The number of methoxy groups -OCH3 is 1. The number of halogens is 1. The van der Waals surface area contributed by atoms with Gasteiger partial charge in [0, 0.05) is 26.1 Å². The van der Waals surface area contributed by atoms with Gasteiger partial charge in [0.15, 0.2) is 0 Å². The lowest BCUT2D eigenvalue weighted by Gasteiger charge is -2.24. The Kier molecular flexibility index (Phi) is 6.86. The average Bonchev–Trinajstić information content (AvgIpc) is 2.46. The molecule has 1 amide bonds. The molecule has 0 saturated carbocycles. The predicted molar refractivity (Wildman–Crippen MR) is 78.4 cm³/mol. The van der Waals surface area contributed by atoms with Gasteiger partial charge in [-0.05, 0) is 25.1 Å². The Hall–Kier alpha value is -1.90. The Morgan fingerprint density at radius 3 is 2.81 bits per heavy atom. The van der Waals surface area contributed by atoms with E-state index in [2.05, 4.69) is 11.8 Å². The molecule has 0 saturated heterocycles. The molecule has 0 aliphatic rings. The normalized spacial score (nSPS) is 11.5. The third kappa shape index (κ3) is 4.85. The van der Waals surface area contributed by atoms with Crippen LogP contribution in [0.2, 0.25) is 0 Å². The minimum absolute atomic E-state index is 0.00756. The Morgan fingerprint density at radius 1 is 1.52 bits per heavy atom. The monoisotopic (exact) mass is 293 g/mol. The van der Waals surface area contributed by atoms with E-state index in [0.717, 1.165) is 0 Å². The molecule has 21 heavy (non-hydrogen) atoms. The third-order valence-electron chi connectivity index (χ3n) is 3.06. The van der Waals surface area contributed by atoms with Crippen molar-refractivity contribution in [2.24, 2.45) is 0 Å². The van der Waals surface area contributed by atoms with Crippen LogP contribution in [0.15, 0.2) is 18.2 Å². The second-order valence-electron chi connectivity index (χ2n) is 4.69. The first-order chi connectivity index (χ1) is 10.0. The molecule has 0 aliphatic heterocycles. The second-order valence-corrected chi connectivity index (χ2v) is 4.69. The molecule has 0 bridgehead atoms. The topological polar surface area (TPSA) is 49.8 Å². The van der Waals surface area contributed by atoms with Crippen molar-refractivity contribution in [1.29, 1.82) is 0 Å². The van der Waals surface area contributed by atoms with E-state index in [0.29, 0.717) is 18.6 Å². The van der Waals surface area contributed by atoms with Crippen molar-refractivity contribution in [3.05, 3.63) is 35.1 Å². The molecule has 0 fully saturated rings. The highest BCUT2D eigenvalue weighted by Crippen LogP contribution is 2.13. The summed E-state index contributed by atoms with van der Waals surface area (Å²) in [6.45, 7) is 2.18. The summed E-state index contributed by atoms with van der Waals surface area (Å²) >= 11 is 0.